The first-order valence-corrected chi connectivity index (χ1v) is 7.57. The minimum atomic E-state index is 0.0822. The standard InChI is InChI=1S/C15H19N3S/c1-11(16)14-9-17-15(19-14)18-8-7-13(10-18)12-5-3-2-4-6-12/h2-6,9,11,13H,7-8,10,16H2,1H3. The first kappa shape index (κ1) is 12.6. The number of rotatable bonds is 3. The largest absolute Gasteiger partial charge is 0.347 e. The molecule has 0 radical (unpaired) electrons. The molecule has 3 rings (SSSR count). The number of aromatic nitrogens is 1. The van der Waals surface area contributed by atoms with Crippen molar-refractivity contribution in [3.8, 4) is 0 Å². The van der Waals surface area contributed by atoms with Gasteiger partial charge >= 0.3 is 0 Å². The van der Waals surface area contributed by atoms with Gasteiger partial charge in [-0.15, -0.1) is 11.3 Å². The molecule has 0 saturated carbocycles. The van der Waals surface area contributed by atoms with Gasteiger partial charge in [0.25, 0.3) is 0 Å². The topological polar surface area (TPSA) is 42.1 Å². The SMILES string of the molecule is CC(N)c1cnc(N2CCC(c3ccccc3)C2)s1. The van der Waals surface area contributed by atoms with Crippen LogP contribution < -0.4 is 10.6 Å². The molecule has 19 heavy (non-hydrogen) atoms. The number of benzene rings is 1. The van der Waals surface area contributed by atoms with Crippen LogP contribution in [0.3, 0.4) is 0 Å². The Balaban J connectivity index is 1.71. The van der Waals surface area contributed by atoms with Crippen molar-refractivity contribution in [2.75, 3.05) is 18.0 Å². The van der Waals surface area contributed by atoms with Gasteiger partial charge in [-0.2, -0.15) is 0 Å². The lowest BCUT2D eigenvalue weighted by Gasteiger charge is -2.15. The van der Waals surface area contributed by atoms with E-state index in [4.69, 9.17) is 5.73 Å². The summed E-state index contributed by atoms with van der Waals surface area (Å²) in [6.45, 7) is 4.16. The van der Waals surface area contributed by atoms with Crippen LogP contribution in [-0.2, 0) is 0 Å². The Labute approximate surface area is 118 Å². The molecule has 3 nitrogen and oxygen atoms in total. The third kappa shape index (κ3) is 2.65. The molecule has 2 aromatic rings. The summed E-state index contributed by atoms with van der Waals surface area (Å²) in [5.74, 6) is 0.629. The van der Waals surface area contributed by atoms with E-state index in [1.54, 1.807) is 11.3 Å². The second-order valence-electron chi connectivity index (χ2n) is 5.18. The predicted molar refractivity (Wildman–Crippen MR) is 80.7 cm³/mol. The molecule has 0 bridgehead atoms. The summed E-state index contributed by atoms with van der Waals surface area (Å²) in [5.41, 5.74) is 7.33. The van der Waals surface area contributed by atoms with Crippen LogP contribution in [0, 0.1) is 0 Å². The van der Waals surface area contributed by atoms with Gasteiger partial charge in [-0.05, 0) is 18.9 Å². The number of nitrogens with two attached hydrogens (primary N) is 1. The molecule has 100 valence electrons. The van der Waals surface area contributed by atoms with Gasteiger partial charge in [-0.25, -0.2) is 4.98 Å². The highest BCUT2D eigenvalue weighted by Crippen LogP contribution is 2.33. The van der Waals surface area contributed by atoms with Gasteiger partial charge in [-0.3, -0.25) is 0 Å². The third-order valence-corrected chi connectivity index (χ3v) is 4.95. The zero-order valence-electron chi connectivity index (χ0n) is 11.1. The summed E-state index contributed by atoms with van der Waals surface area (Å²) < 4.78 is 0. The normalized spacial score (nSPS) is 20.7. The van der Waals surface area contributed by atoms with Crippen molar-refractivity contribution >= 4 is 16.5 Å². The van der Waals surface area contributed by atoms with Crippen LogP contribution in [-0.4, -0.2) is 18.1 Å². The molecular formula is C15H19N3S. The molecule has 1 aliphatic heterocycles. The van der Waals surface area contributed by atoms with Gasteiger partial charge in [0.2, 0.25) is 0 Å². The maximum absolute atomic E-state index is 5.90. The van der Waals surface area contributed by atoms with E-state index in [2.05, 4.69) is 40.2 Å². The fourth-order valence-electron chi connectivity index (χ4n) is 2.56. The van der Waals surface area contributed by atoms with Crippen molar-refractivity contribution in [2.24, 2.45) is 5.73 Å². The highest BCUT2D eigenvalue weighted by atomic mass is 32.1. The zero-order chi connectivity index (χ0) is 13.2. The molecule has 4 heteroatoms. The lowest BCUT2D eigenvalue weighted by Crippen LogP contribution is -2.18. The van der Waals surface area contributed by atoms with Gasteiger partial charge in [0, 0.05) is 36.1 Å². The summed E-state index contributed by atoms with van der Waals surface area (Å²) in [6, 6.07) is 10.9. The summed E-state index contributed by atoms with van der Waals surface area (Å²) in [6.07, 6.45) is 3.12. The molecule has 0 spiro atoms. The van der Waals surface area contributed by atoms with Crippen molar-refractivity contribution in [3.05, 3.63) is 47.0 Å². The number of hydrogen-bond donors (Lipinski definition) is 1. The molecule has 0 amide bonds. The fraction of sp³-hybridized carbons (Fsp3) is 0.400. The highest BCUT2D eigenvalue weighted by molar-refractivity contribution is 7.15. The van der Waals surface area contributed by atoms with Crippen LogP contribution in [0.1, 0.15) is 35.7 Å². The van der Waals surface area contributed by atoms with Gasteiger partial charge in [0.1, 0.15) is 0 Å². The fourth-order valence-corrected chi connectivity index (χ4v) is 3.47. The average Bonchev–Trinajstić information content (AvgIpc) is 3.09. The van der Waals surface area contributed by atoms with Gasteiger partial charge in [0.05, 0.1) is 0 Å². The number of hydrogen-bond acceptors (Lipinski definition) is 4. The van der Waals surface area contributed by atoms with E-state index < -0.39 is 0 Å². The highest BCUT2D eigenvalue weighted by Gasteiger charge is 2.25. The van der Waals surface area contributed by atoms with E-state index in [9.17, 15) is 0 Å². The van der Waals surface area contributed by atoms with Crippen LogP contribution in [0.4, 0.5) is 5.13 Å². The monoisotopic (exact) mass is 273 g/mol. The van der Waals surface area contributed by atoms with Crippen LogP contribution in [0.25, 0.3) is 0 Å². The number of nitrogens with zero attached hydrogens (tertiary/aromatic N) is 2. The van der Waals surface area contributed by atoms with E-state index in [0.717, 1.165) is 23.1 Å². The first-order chi connectivity index (χ1) is 9.24. The molecule has 1 aliphatic rings. The van der Waals surface area contributed by atoms with Crippen molar-refractivity contribution in [2.45, 2.75) is 25.3 Å². The molecule has 2 heterocycles. The Bertz CT molecular complexity index is 535. The van der Waals surface area contributed by atoms with Gasteiger partial charge in [-0.1, -0.05) is 30.3 Å². The minimum Gasteiger partial charge on any atom is -0.347 e. The van der Waals surface area contributed by atoms with Crippen LogP contribution in [0.5, 0.6) is 0 Å². The van der Waals surface area contributed by atoms with Crippen LogP contribution >= 0.6 is 11.3 Å². The molecule has 2 N–H and O–H groups in total. The van der Waals surface area contributed by atoms with E-state index in [-0.39, 0.29) is 6.04 Å². The second kappa shape index (κ2) is 5.31. The molecule has 1 aromatic carbocycles. The minimum absolute atomic E-state index is 0.0822. The molecule has 1 aromatic heterocycles. The Hall–Kier alpha value is -1.39. The van der Waals surface area contributed by atoms with E-state index in [1.807, 2.05) is 13.1 Å². The van der Waals surface area contributed by atoms with Crippen LogP contribution in [0.2, 0.25) is 0 Å². The third-order valence-electron chi connectivity index (χ3n) is 3.69. The van der Waals surface area contributed by atoms with Gasteiger partial charge < -0.3 is 10.6 Å². The van der Waals surface area contributed by atoms with E-state index in [0.29, 0.717) is 5.92 Å². The molecule has 1 fully saturated rings. The molecular weight excluding hydrogens is 254 g/mol. The average molecular weight is 273 g/mol. The Morgan fingerprint density at radius 1 is 1.37 bits per heavy atom. The lowest BCUT2D eigenvalue weighted by atomic mass is 9.99. The molecule has 1 saturated heterocycles. The maximum atomic E-state index is 5.90. The van der Waals surface area contributed by atoms with E-state index in [1.165, 1.54) is 12.0 Å². The number of anilines is 1. The molecule has 0 aliphatic carbocycles. The van der Waals surface area contributed by atoms with Crippen LogP contribution in [0.15, 0.2) is 36.5 Å². The second-order valence-corrected chi connectivity index (χ2v) is 6.22. The smallest absolute Gasteiger partial charge is 0.185 e. The van der Waals surface area contributed by atoms with Crippen molar-refractivity contribution in [1.29, 1.82) is 0 Å². The summed E-state index contributed by atoms with van der Waals surface area (Å²) in [5, 5.41) is 1.12. The van der Waals surface area contributed by atoms with Gasteiger partial charge in [0.15, 0.2) is 5.13 Å². The molecule has 2 atom stereocenters. The Morgan fingerprint density at radius 3 is 2.84 bits per heavy atom. The first-order valence-electron chi connectivity index (χ1n) is 6.75. The lowest BCUT2D eigenvalue weighted by molar-refractivity contribution is 0.775. The maximum Gasteiger partial charge on any atom is 0.185 e. The number of thiazole rings is 1. The quantitative estimate of drug-likeness (QED) is 0.934. The zero-order valence-corrected chi connectivity index (χ0v) is 11.9. The Kier molecular flexibility index (Phi) is 3.53. The summed E-state index contributed by atoms with van der Waals surface area (Å²) in [7, 11) is 0. The van der Waals surface area contributed by atoms with Crippen molar-refractivity contribution in [1.82, 2.24) is 4.98 Å². The Morgan fingerprint density at radius 2 is 2.16 bits per heavy atom. The summed E-state index contributed by atoms with van der Waals surface area (Å²) in [4.78, 5) is 8.06. The van der Waals surface area contributed by atoms with Crippen molar-refractivity contribution in [3.63, 3.8) is 0 Å². The molecule has 2 unspecified atom stereocenters. The van der Waals surface area contributed by atoms with Crippen molar-refractivity contribution < 1.29 is 0 Å². The van der Waals surface area contributed by atoms with E-state index >= 15 is 0 Å². The summed E-state index contributed by atoms with van der Waals surface area (Å²) >= 11 is 1.73. The predicted octanol–water partition coefficient (Wildman–Crippen LogP) is 3.16.